The van der Waals surface area contributed by atoms with Crippen LogP contribution in [-0.4, -0.2) is 24.1 Å². The number of Topliss-reactive ketones (excluding diaryl/α,β-unsaturated/α-hetero) is 1. The van der Waals surface area contributed by atoms with Gasteiger partial charge in [0.25, 0.3) is 0 Å². The van der Waals surface area contributed by atoms with Gasteiger partial charge in [-0.3, -0.25) is 15.5 Å². The van der Waals surface area contributed by atoms with Gasteiger partial charge in [0.05, 0.1) is 5.69 Å². The van der Waals surface area contributed by atoms with Crippen molar-refractivity contribution in [3.63, 3.8) is 0 Å². The lowest BCUT2D eigenvalue weighted by molar-refractivity contribution is 0.0895. The van der Waals surface area contributed by atoms with Gasteiger partial charge in [0.15, 0.2) is 5.78 Å². The van der Waals surface area contributed by atoms with Crippen molar-refractivity contribution in [1.29, 1.82) is 0 Å². The Kier molecular flexibility index (Phi) is 3.71. The molecule has 1 aliphatic rings. The number of carbonyl (C=O) groups is 1. The number of nitrogens with one attached hydrogen (secondary N) is 2. The van der Waals surface area contributed by atoms with Gasteiger partial charge < -0.3 is 5.32 Å². The third kappa shape index (κ3) is 2.62. The van der Waals surface area contributed by atoms with E-state index in [2.05, 4.69) is 5.32 Å². The molecule has 92 valence electrons. The third-order valence-electron chi connectivity index (χ3n) is 3.08. The van der Waals surface area contributed by atoms with E-state index in [1.54, 1.807) is 0 Å². The minimum atomic E-state index is -0.483. The maximum atomic E-state index is 13.0. The highest BCUT2D eigenvalue weighted by Gasteiger charge is 2.24. The van der Waals surface area contributed by atoms with Crippen LogP contribution in [0, 0.1) is 11.7 Å². The van der Waals surface area contributed by atoms with Gasteiger partial charge in [-0.25, -0.2) is 4.39 Å². The first-order chi connectivity index (χ1) is 8.22. The first kappa shape index (κ1) is 12.0. The van der Waals surface area contributed by atoms with Crippen LogP contribution in [0.25, 0.3) is 0 Å². The maximum Gasteiger partial charge on any atom is 0.168 e. The molecule has 1 heterocycles. The minimum absolute atomic E-state index is 0.0388. The Bertz CT molecular complexity index is 417. The Morgan fingerprint density at radius 3 is 2.76 bits per heavy atom. The average Bonchev–Trinajstić information content (AvgIpc) is 2.39. The predicted molar refractivity (Wildman–Crippen MR) is 61.7 cm³/mol. The SMILES string of the molecule is O=C(c1ccc(F)cc1NO)C1CCNCC1. The highest BCUT2D eigenvalue weighted by atomic mass is 19.1. The minimum Gasteiger partial charge on any atom is -0.317 e. The molecule has 0 aromatic heterocycles. The summed E-state index contributed by atoms with van der Waals surface area (Å²) < 4.78 is 13.0. The van der Waals surface area contributed by atoms with Gasteiger partial charge in [0, 0.05) is 11.5 Å². The molecular weight excluding hydrogens is 223 g/mol. The normalized spacial score (nSPS) is 16.8. The van der Waals surface area contributed by atoms with Crippen LogP contribution in [-0.2, 0) is 0 Å². The fourth-order valence-electron chi connectivity index (χ4n) is 2.13. The third-order valence-corrected chi connectivity index (χ3v) is 3.08. The largest absolute Gasteiger partial charge is 0.317 e. The molecule has 0 unspecified atom stereocenters. The molecule has 0 atom stereocenters. The van der Waals surface area contributed by atoms with Crippen LogP contribution in [0.15, 0.2) is 18.2 Å². The van der Waals surface area contributed by atoms with Crippen LogP contribution in [0.2, 0.25) is 0 Å². The first-order valence-corrected chi connectivity index (χ1v) is 5.67. The molecule has 1 saturated heterocycles. The lowest BCUT2D eigenvalue weighted by Crippen LogP contribution is -2.32. The number of piperidine rings is 1. The van der Waals surface area contributed by atoms with E-state index in [1.807, 2.05) is 5.48 Å². The summed E-state index contributed by atoms with van der Waals surface area (Å²) in [5.74, 6) is -0.569. The van der Waals surface area contributed by atoms with Gasteiger partial charge in [-0.05, 0) is 44.1 Å². The number of hydrogen-bond donors (Lipinski definition) is 3. The van der Waals surface area contributed by atoms with E-state index in [4.69, 9.17) is 5.21 Å². The Morgan fingerprint density at radius 2 is 2.12 bits per heavy atom. The molecule has 5 heteroatoms. The van der Waals surface area contributed by atoms with Gasteiger partial charge >= 0.3 is 0 Å². The lowest BCUT2D eigenvalue weighted by atomic mass is 9.89. The molecule has 4 nitrogen and oxygen atoms in total. The monoisotopic (exact) mass is 238 g/mol. The van der Waals surface area contributed by atoms with Crippen LogP contribution in [0.3, 0.4) is 0 Å². The summed E-state index contributed by atoms with van der Waals surface area (Å²) in [6, 6.07) is 3.77. The molecule has 1 aromatic carbocycles. The van der Waals surface area contributed by atoms with Crippen molar-refractivity contribution in [2.24, 2.45) is 5.92 Å². The summed E-state index contributed by atoms with van der Waals surface area (Å²) in [5.41, 5.74) is 2.36. The molecule has 0 spiro atoms. The second-order valence-electron chi connectivity index (χ2n) is 4.19. The Balaban J connectivity index is 2.23. The molecule has 17 heavy (non-hydrogen) atoms. The number of anilines is 1. The standard InChI is InChI=1S/C12H15FN2O2/c13-9-1-2-10(11(7-9)15-17)12(16)8-3-5-14-6-4-8/h1-2,7-8,14-15,17H,3-6H2. The van der Waals surface area contributed by atoms with Crippen LogP contribution < -0.4 is 10.8 Å². The molecule has 1 aromatic rings. The second-order valence-corrected chi connectivity index (χ2v) is 4.19. The van der Waals surface area contributed by atoms with Gasteiger partial charge in [-0.2, -0.15) is 0 Å². The van der Waals surface area contributed by atoms with Crippen LogP contribution >= 0.6 is 0 Å². The van der Waals surface area contributed by atoms with Crippen LogP contribution in [0.4, 0.5) is 10.1 Å². The molecular formula is C12H15FN2O2. The van der Waals surface area contributed by atoms with Gasteiger partial charge in [-0.15, -0.1) is 0 Å². The molecule has 0 saturated carbocycles. The predicted octanol–water partition coefficient (Wildman–Crippen LogP) is 1.81. The van der Waals surface area contributed by atoms with Crippen molar-refractivity contribution >= 4 is 11.5 Å². The average molecular weight is 238 g/mol. The first-order valence-electron chi connectivity index (χ1n) is 5.67. The molecule has 0 radical (unpaired) electrons. The topological polar surface area (TPSA) is 61.4 Å². The van der Waals surface area contributed by atoms with Crippen molar-refractivity contribution in [3.05, 3.63) is 29.6 Å². The van der Waals surface area contributed by atoms with Crippen LogP contribution in [0.1, 0.15) is 23.2 Å². The molecule has 0 bridgehead atoms. The van der Waals surface area contributed by atoms with Crippen molar-refractivity contribution in [2.45, 2.75) is 12.8 Å². The molecule has 1 aliphatic heterocycles. The summed E-state index contributed by atoms with van der Waals surface area (Å²) in [5, 5.41) is 12.1. The zero-order chi connectivity index (χ0) is 12.3. The van der Waals surface area contributed by atoms with E-state index in [1.165, 1.54) is 12.1 Å². The van der Waals surface area contributed by atoms with Crippen LogP contribution in [0.5, 0.6) is 0 Å². The summed E-state index contributed by atoms with van der Waals surface area (Å²) >= 11 is 0. The molecule has 3 N–H and O–H groups in total. The van der Waals surface area contributed by atoms with Gasteiger partial charge in [-0.1, -0.05) is 0 Å². The fraction of sp³-hybridized carbons (Fsp3) is 0.417. The van der Waals surface area contributed by atoms with E-state index < -0.39 is 5.82 Å². The maximum absolute atomic E-state index is 13.0. The Labute approximate surface area is 98.8 Å². The highest BCUT2D eigenvalue weighted by Crippen LogP contribution is 2.24. The lowest BCUT2D eigenvalue weighted by Gasteiger charge is -2.22. The second kappa shape index (κ2) is 5.25. The zero-order valence-corrected chi connectivity index (χ0v) is 9.37. The fourth-order valence-corrected chi connectivity index (χ4v) is 2.13. The van der Waals surface area contributed by atoms with Gasteiger partial charge in [0.2, 0.25) is 0 Å². The van der Waals surface area contributed by atoms with E-state index in [0.29, 0.717) is 5.56 Å². The number of carbonyl (C=O) groups excluding carboxylic acids is 1. The number of ketones is 1. The molecule has 0 aliphatic carbocycles. The number of hydrogen-bond acceptors (Lipinski definition) is 4. The van der Waals surface area contributed by atoms with Crippen molar-refractivity contribution in [3.8, 4) is 0 Å². The molecule has 1 fully saturated rings. The van der Waals surface area contributed by atoms with Crippen molar-refractivity contribution in [1.82, 2.24) is 5.32 Å². The summed E-state index contributed by atoms with van der Waals surface area (Å²) in [6.45, 7) is 1.64. The number of benzene rings is 1. The van der Waals surface area contributed by atoms with E-state index >= 15 is 0 Å². The van der Waals surface area contributed by atoms with E-state index in [9.17, 15) is 9.18 Å². The number of halogens is 1. The van der Waals surface area contributed by atoms with E-state index in [-0.39, 0.29) is 17.4 Å². The quantitative estimate of drug-likeness (QED) is 0.555. The van der Waals surface area contributed by atoms with Gasteiger partial charge in [0.1, 0.15) is 5.82 Å². The van der Waals surface area contributed by atoms with Crippen molar-refractivity contribution in [2.75, 3.05) is 18.6 Å². The molecule has 0 amide bonds. The summed E-state index contributed by atoms with van der Waals surface area (Å²) in [6.07, 6.45) is 1.56. The molecule has 2 rings (SSSR count). The van der Waals surface area contributed by atoms with Crippen molar-refractivity contribution < 1.29 is 14.4 Å². The smallest absolute Gasteiger partial charge is 0.168 e. The Hall–Kier alpha value is -1.46. The van der Waals surface area contributed by atoms with E-state index in [0.717, 1.165) is 32.0 Å². The zero-order valence-electron chi connectivity index (χ0n) is 9.37. The number of rotatable bonds is 3. The Morgan fingerprint density at radius 1 is 1.41 bits per heavy atom. The summed E-state index contributed by atoms with van der Waals surface area (Å²) in [4.78, 5) is 12.2. The highest BCUT2D eigenvalue weighted by molar-refractivity contribution is 6.02. The summed E-state index contributed by atoms with van der Waals surface area (Å²) in [7, 11) is 0.